The van der Waals surface area contributed by atoms with Crippen LogP contribution < -0.4 is 5.32 Å². The number of hydrogen-bond donors (Lipinski definition) is 1. The highest BCUT2D eigenvalue weighted by atomic mass is 15.3. The number of nitrogens with one attached hydrogen (secondary N) is 1. The lowest BCUT2D eigenvalue weighted by Crippen LogP contribution is -2.33. The van der Waals surface area contributed by atoms with Crippen LogP contribution >= 0.6 is 0 Å². The van der Waals surface area contributed by atoms with Crippen molar-refractivity contribution < 1.29 is 0 Å². The number of aromatic nitrogens is 3. The van der Waals surface area contributed by atoms with Gasteiger partial charge in [-0.1, -0.05) is 0 Å². The van der Waals surface area contributed by atoms with Gasteiger partial charge in [0.15, 0.2) is 5.65 Å². The number of imidazole rings is 1. The normalized spacial score (nSPS) is 25.9. The number of fused-ring (bicyclic) bond motifs is 1. The Kier molecular flexibility index (Phi) is 4.07. The minimum atomic E-state index is 0.436. The van der Waals surface area contributed by atoms with Crippen LogP contribution in [0.25, 0.3) is 11.2 Å². The van der Waals surface area contributed by atoms with E-state index in [0.717, 1.165) is 24.3 Å². The number of hydrogen-bond acceptors (Lipinski definition) is 4. The Bertz CT molecular complexity index is 671. The average Bonchev–Trinajstić information content (AvgIpc) is 3.26. The minimum Gasteiger partial charge on any atom is -0.312 e. The van der Waals surface area contributed by atoms with E-state index in [0.29, 0.717) is 18.1 Å². The van der Waals surface area contributed by atoms with E-state index in [1.807, 2.05) is 12.3 Å². The number of likely N-dealkylation sites (tertiary alicyclic amines) is 1. The van der Waals surface area contributed by atoms with Crippen LogP contribution in [0.5, 0.6) is 0 Å². The Labute approximate surface area is 138 Å². The van der Waals surface area contributed by atoms with Gasteiger partial charge in [-0.15, -0.1) is 0 Å². The van der Waals surface area contributed by atoms with Gasteiger partial charge in [-0.05, 0) is 64.8 Å². The number of rotatable bonds is 4. The largest absolute Gasteiger partial charge is 0.312 e. The molecule has 5 heteroatoms. The third-order valence-corrected chi connectivity index (χ3v) is 5.35. The van der Waals surface area contributed by atoms with E-state index in [-0.39, 0.29) is 0 Å². The fourth-order valence-electron chi connectivity index (χ4n) is 4.23. The molecule has 0 aromatic carbocycles. The average molecular weight is 313 g/mol. The van der Waals surface area contributed by atoms with Crippen molar-refractivity contribution >= 4 is 11.2 Å². The van der Waals surface area contributed by atoms with E-state index >= 15 is 0 Å². The van der Waals surface area contributed by atoms with Crippen LogP contribution in [0.15, 0.2) is 18.3 Å². The highest BCUT2D eigenvalue weighted by molar-refractivity contribution is 5.71. The predicted octanol–water partition coefficient (Wildman–Crippen LogP) is 2.73. The van der Waals surface area contributed by atoms with Gasteiger partial charge in [-0.3, -0.25) is 4.90 Å². The molecule has 0 aliphatic carbocycles. The highest BCUT2D eigenvalue weighted by Crippen LogP contribution is 2.34. The van der Waals surface area contributed by atoms with Gasteiger partial charge in [0.05, 0.1) is 6.04 Å². The van der Waals surface area contributed by atoms with Crippen LogP contribution in [0.1, 0.15) is 51.4 Å². The van der Waals surface area contributed by atoms with E-state index in [1.165, 1.54) is 38.1 Å². The van der Waals surface area contributed by atoms with Crippen molar-refractivity contribution in [3.05, 3.63) is 24.2 Å². The summed E-state index contributed by atoms with van der Waals surface area (Å²) in [6.45, 7) is 7.90. The number of pyridine rings is 1. The van der Waals surface area contributed by atoms with Crippen molar-refractivity contribution in [2.75, 3.05) is 13.1 Å². The zero-order valence-corrected chi connectivity index (χ0v) is 14.2. The molecule has 2 unspecified atom stereocenters. The molecule has 2 aromatic rings. The summed E-state index contributed by atoms with van der Waals surface area (Å²) in [4.78, 5) is 12.2. The highest BCUT2D eigenvalue weighted by Gasteiger charge is 2.32. The summed E-state index contributed by atoms with van der Waals surface area (Å²) in [5.74, 6) is 1.22. The monoisotopic (exact) mass is 313 g/mol. The standard InChI is InChI=1S/C18H27N5/c1-13(2)22-11-5-8-16(22)18-21-15-7-4-10-20-17(15)23(18)12-14-6-3-9-19-14/h4,7,10,13-14,16,19H,3,5-6,8-9,11-12H2,1-2H3. The van der Waals surface area contributed by atoms with E-state index < -0.39 is 0 Å². The van der Waals surface area contributed by atoms with Crippen molar-refractivity contribution in [1.82, 2.24) is 24.8 Å². The molecule has 2 fully saturated rings. The zero-order chi connectivity index (χ0) is 15.8. The first-order valence-electron chi connectivity index (χ1n) is 9.04. The third kappa shape index (κ3) is 2.76. The van der Waals surface area contributed by atoms with Crippen LogP contribution in [-0.4, -0.2) is 44.6 Å². The lowest BCUT2D eigenvalue weighted by atomic mass is 10.1. The SMILES string of the molecule is CC(C)N1CCCC1c1nc2cccnc2n1CC1CCCN1. The molecule has 23 heavy (non-hydrogen) atoms. The maximum absolute atomic E-state index is 5.00. The molecular formula is C18H27N5. The van der Waals surface area contributed by atoms with Crippen LogP contribution in [0.3, 0.4) is 0 Å². The van der Waals surface area contributed by atoms with Crippen LogP contribution in [0.2, 0.25) is 0 Å². The summed E-state index contributed by atoms with van der Waals surface area (Å²) in [6.07, 6.45) is 6.90. The smallest absolute Gasteiger partial charge is 0.160 e. The quantitative estimate of drug-likeness (QED) is 0.943. The predicted molar refractivity (Wildman–Crippen MR) is 92.4 cm³/mol. The van der Waals surface area contributed by atoms with E-state index in [2.05, 4.69) is 39.7 Å². The molecule has 2 aliphatic heterocycles. The first kappa shape index (κ1) is 15.1. The molecule has 0 spiro atoms. The molecule has 124 valence electrons. The van der Waals surface area contributed by atoms with E-state index in [9.17, 15) is 0 Å². The van der Waals surface area contributed by atoms with Gasteiger partial charge in [-0.2, -0.15) is 0 Å². The third-order valence-electron chi connectivity index (χ3n) is 5.35. The van der Waals surface area contributed by atoms with Crippen LogP contribution in [-0.2, 0) is 6.54 Å². The van der Waals surface area contributed by atoms with Gasteiger partial charge in [0.1, 0.15) is 11.3 Å². The van der Waals surface area contributed by atoms with Crippen LogP contribution in [0.4, 0.5) is 0 Å². The van der Waals surface area contributed by atoms with E-state index in [4.69, 9.17) is 4.98 Å². The summed E-state index contributed by atoms with van der Waals surface area (Å²) in [6, 6.07) is 5.64. The topological polar surface area (TPSA) is 46.0 Å². The van der Waals surface area contributed by atoms with Crippen molar-refractivity contribution in [3.63, 3.8) is 0 Å². The Balaban J connectivity index is 1.75. The fourth-order valence-corrected chi connectivity index (χ4v) is 4.23. The van der Waals surface area contributed by atoms with Gasteiger partial charge in [0.25, 0.3) is 0 Å². The molecule has 4 rings (SSSR count). The van der Waals surface area contributed by atoms with Gasteiger partial charge >= 0.3 is 0 Å². The van der Waals surface area contributed by atoms with Crippen molar-refractivity contribution in [1.29, 1.82) is 0 Å². The molecular weight excluding hydrogens is 286 g/mol. The Morgan fingerprint density at radius 2 is 2.22 bits per heavy atom. The zero-order valence-electron chi connectivity index (χ0n) is 14.2. The molecule has 2 aromatic heterocycles. The fraction of sp³-hybridized carbons (Fsp3) is 0.667. The Morgan fingerprint density at radius 1 is 1.30 bits per heavy atom. The number of nitrogens with zero attached hydrogens (tertiary/aromatic N) is 4. The first-order valence-corrected chi connectivity index (χ1v) is 9.04. The molecule has 0 saturated carbocycles. The second-order valence-corrected chi connectivity index (χ2v) is 7.21. The summed E-state index contributed by atoms with van der Waals surface area (Å²) in [5, 5.41) is 3.62. The molecule has 5 nitrogen and oxygen atoms in total. The second kappa shape index (κ2) is 6.21. The van der Waals surface area contributed by atoms with E-state index in [1.54, 1.807) is 0 Å². The second-order valence-electron chi connectivity index (χ2n) is 7.21. The molecule has 2 aliphatic rings. The molecule has 4 heterocycles. The summed E-state index contributed by atoms with van der Waals surface area (Å²) in [7, 11) is 0. The van der Waals surface area contributed by atoms with Crippen molar-refractivity contribution in [2.45, 2.75) is 64.2 Å². The molecule has 0 bridgehead atoms. The molecule has 1 N–H and O–H groups in total. The lowest BCUT2D eigenvalue weighted by Gasteiger charge is -2.28. The first-order chi connectivity index (χ1) is 11.2. The minimum absolute atomic E-state index is 0.436. The van der Waals surface area contributed by atoms with Crippen molar-refractivity contribution in [3.8, 4) is 0 Å². The summed E-state index contributed by atoms with van der Waals surface area (Å²) in [5.41, 5.74) is 2.09. The summed E-state index contributed by atoms with van der Waals surface area (Å²) < 4.78 is 2.39. The van der Waals surface area contributed by atoms with Gasteiger partial charge in [0.2, 0.25) is 0 Å². The van der Waals surface area contributed by atoms with Crippen LogP contribution in [0, 0.1) is 0 Å². The molecule has 0 amide bonds. The lowest BCUT2D eigenvalue weighted by molar-refractivity contribution is 0.194. The van der Waals surface area contributed by atoms with Gasteiger partial charge in [0, 0.05) is 24.8 Å². The Morgan fingerprint density at radius 3 is 3.00 bits per heavy atom. The van der Waals surface area contributed by atoms with Gasteiger partial charge in [-0.25, -0.2) is 9.97 Å². The Hall–Kier alpha value is -1.46. The molecule has 2 saturated heterocycles. The van der Waals surface area contributed by atoms with Gasteiger partial charge < -0.3 is 9.88 Å². The summed E-state index contributed by atoms with van der Waals surface area (Å²) >= 11 is 0. The molecule has 0 radical (unpaired) electrons. The molecule has 2 atom stereocenters. The van der Waals surface area contributed by atoms with Crippen molar-refractivity contribution in [2.24, 2.45) is 0 Å². The maximum Gasteiger partial charge on any atom is 0.160 e. The maximum atomic E-state index is 5.00.